The van der Waals surface area contributed by atoms with Crippen LogP contribution >= 0.6 is 0 Å². The zero-order valence-electron chi connectivity index (χ0n) is 17.9. The van der Waals surface area contributed by atoms with E-state index >= 15 is 0 Å². The Bertz CT molecular complexity index is 1160. The van der Waals surface area contributed by atoms with E-state index in [1.807, 2.05) is 4.57 Å². The van der Waals surface area contributed by atoms with Gasteiger partial charge >= 0.3 is 5.69 Å². The fourth-order valence-electron chi connectivity index (χ4n) is 4.11. The van der Waals surface area contributed by atoms with E-state index in [0.717, 1.165) is 25.1 Å². The van der Waals surface area contributed by atoms with E-state index in [4.69, 9.17) is 9.72 Å². The minimum Gasteiger partial charge on any atom is -0.383 e. The van der Waals surface area contributed by atoms with Crippen molar-refractivity contribution < 1.29 is 4.74 Å². The summed E-state index contributed by atoms with van der Waals surface area (Å²) in [7, 11) is 3.22. The van der Waals surface area contributed by atoms with Crippen molar-refractivity contribution in [2.24, 2.45) is 7.05 Å². The highest BCUT2D eigenvalue weighted by molar-refractivity contribution is 5.77. The number of imidazole rings is 1. The number of benzene rings is 1. The summed E-state index contributed by atoms with van der Waals surface area (Å²) in [6.45, 7) is 4.25. The van der Waals surface area contributed by atoms with Crippen molar-refractivity contribution in [3.63, 3.8) is 0 Å². The van der Waals surface area contributed by atoms with E-state index < -0.39 is 0 Å². The number of anilines is 2. The van der Waals surface area contributed by atoms with Crippen molar-refractivity contribution in [2.45, 2.75) is 45.7 Å². The van der Waals surface area contributed by atoms with Crippen molar-refractivity contribution in [3.05, 3.63) is 50.7 Å². The van der Waals surface area contributed by atoms with Crippen molar-refractivity contribution >= 4 is 22.8 Å². The molecule has 8 nitrogen and oxygen atoms in total. The predicted molar refractivity (Wildman–Crippen MR) is 118 cm³/mol. The molecule has 1 aromatic carbocycles. The molecule has 0 saturated carbocycles. The van der Waals surface area contributed by atoms with Crippen LogP contribution in [0.5, 0.6) is 0 Å². The zero-order chi connectivity index (χ0) is 21.3. The molecule has 1 aliphatic heterocycles. The number of methoxy groups -OCH3 is 1. The van der Waals surface area contributed by atoms with Gasteiger partial charge < -0.3 is 14.2 Å². The van der Waals surface area contributed by atoms with Crippen molar-refractivity contribution in [1.29, 1.82) is 0 Å². The number of hydrogen-bond acceptors (Lipinski definition) is 5. The zero-order valence-corrected chi connectivity index (χ0v) is 17.9. The molecule has 8 heteroatoms. The molecule has 0 amide bonds. The number of fused-ring (bicyclic) bond motifs is 3. The lowest BCUT2D eigenvalue weighted by Crippen LogP contribution is -2.40. The van der Waals surface area contributed by atoms with E-state index in [-0.39, 0.29) is 17.8 Å². The molecule has 0 atom stereocenters. The molecular formula is C22H29N5O3. The van der Waals surface area contributed by atoms with Gasteiger partial charge in [-0.25, -0.2) is 4.79 Å². The van der Waals surface area contributed by atoms with Gasteiger partial charge in [-0.1, -0.05) is 25.5 Å². The summed E-state index contributed by atoms with van der Waals surface area (Å²) in [5.74, 6) is 0.717. The lowest BCUT2D eigenvalue weighted by molar-refractivity contribution is 0.184. The van der Waals surface area contributed by atoms with Crippen LogP contribution in [0.2, 0.25) is 0 Å². The topological polar surface area (TPSA) is 74.3 Å². The number of unbranched alkanes of at least 4 members (excludes halogenated alkanes) is 1. The minimum absolute atomic E-state index is 0.224. The van der Waals surface area contributed by atoms with Crippen LogP contribution in [0.3, 0.4) is 0 Å². The van der Waals surface area contributed by atoms with Crippen LogP contribution in [-0.2, 0) is 31.3 Å². The van der Waals surface area contributed by atoms with E-state index in [1.54, 1.807) is 14.2 Å². The van der Waals surface area contributed by atoms with Crippen LogP contribution in [-0.4, -0.2) is 38.9 Å². The van der Waals surface area contributed by atoms with Gasteiger partial charge in [0.05, 0.1) is 13.2 Å². The molecule has 30 heavy (non-hydrogen) atoms. The van der Waals surface area contributed by atoms with Crippen LogP contribution < -0.4 is 16.1 Å². The first-order valence-electron chi connectivity index (χ1n) is 10.6. The highest BCUT2D eigenvalue weighted by atomic mass is 16.5. The monoisotopic (exact) mass is 411 g/mol. The highest BCUT2D eigenvalue weighted by Crippen LogP contribution is 2.31. The first-order valence-corrected chi connectivity index (χ1v) is 10.6. The van der Waals surface area contributed by atoms with Crippen LogP contribution in [0.4, 0.5) is 11.6 Å². The van der Waals surface area contributed by atoms with E-state index in [1.165, 1.54) is 27.5 Å². The largest absolute Gasteiger partial charge is 0.383 e. The molecule has 4 rings (SSSR count). The van der Waals surface area contributed by atoms with Crippen LogP contribution in [0.25, 0.3) is 11.2 Å². The van der Waals surface area contributed by atoms with Gasteiger partial charge in [0, 0.05) is 32.9 Å². The lowest BCUT2D eigenvalue weighted by atomic mass is 10.1. The number of rotatable bonds is 7. The quantitative estimate of drug-likeness (QED) is 0.597. The minimum atomic E-state index is -0.369. The first kappa shape index (κ1) is 20.4. The van der Waals surface area contributed by atoms with E-state index in [9.17, 15) is 9.59 Å². The second kappa shape index (κ2) is 8.47. The third-order valence-electron chi connectivity index (χ3n) is 5.80. The number of nitrogens with zero attached hydrogens (tertiary/aromatic N) is 5. The maximum Gasteiger partial charge on any atom is 0.332 e. The average Bonchev–Trinajstić information content (AvgIpc) is 3.17. The summed E-state index contributed by atoms with van der Waals surface area (Å²) >= 11 is 0. The second-order valence-corrected chi connectivity index (χ2v) is 7.80. The molecule has 0 bridgehead atoms. The summed E-state index contributed by atoms with van der Waals surface area (Å²) in [4.78, 5) is 32.7. The molecule has 0 aliphatic carbocycles. The molecule has 0 radical (unpaired) electrons. The molecule has 3 aromatic rings. The molecule has 1 aliphatic rings. The standard InChI is InChI=1S/C22H29N5O3/c1-4-5-7-16-8-10-17(11-9-16)25-12-6-13-26-18-19(23-21(25)26)24(2)22(29)27(20(18)28)14-15-30-3/h8-11H,4-7,12-15H2,1-3H3. The van der Waals surface area contributed by atoms with Crippen LogP contribution in [0.15, 0.2) is 33.9 Å². The number of hydrogen-bond donors (Lipinski definition) is 0. The Hall–Kier alpha value is -2.87. The maximum absolute atomic E-state index is 13.1. The Morgan fingerprint density at radius 1 is 1.13 bits per heavy atom. The molecule has 160 valence electrons. The molecule has 0 fully saturated rings. The predicted octanol–water partition coefficient (Wildman–Crippen LogP) is 2.43. The Kier molecular flexibility index (Phi) is 5.76. The van der Waals surface area contributed by atoms with Gasteiger partial charge in [-0.15, -0.1) is 0 Å². The molecule has 3 heterocycles. The fraction of sp³-hybridized carbons (Fsp3) is 0.500. The Balaban J connectivity index is 1.80. The van der Waals surface area contributed by atoms with E-state index in [2.05, 4.69) is 36.1 Å². The maximum atomic E-state index is 13.1. The third kappa shape index (κ3) is 3.45. The van der Waals surface area contributed by atoms with Gasteiger partial charge in [-0.2, -0.15) is 4.98 Å². The Morgan fingerprint density at radius 2 is 1.90 bits per heavy atom. The van der Waals surface area contributed by atoms with Gasteiger partial charge in [-0.05, 0) is 37.0 Å². The summed E-state index contributed by atoms with van der Waals surface area (Å²) in [5.41, 5.74) is 2.62. The van der Waals surface area contributed by atoms with Crippen LogP contribution in [0, 0.1) is 0 Å². The first-order chi connectivity index (χ1) is 14.6. The smallest absolute Gasteiger partial charge is 0.332 e. The average molecular weight is 412 g/mol. The SMILES string of the molecule is CCCCc1ccc(N2CCCn3c2nc2c3c(=O)n(CCOC)c(=O)n2C)cc1. The summed E-state index contributed by atoms with van der Waals surface area (Å²) < 4.78 is 9.73. The summed E-state index contributed by atoms with van der Waals surface area (Å²) in [6, 6.07) is 8.58. The number of aryl methyl sites for hydroxylation is 3. The molecule has 0 spiro atoms. The van der Waals surface area contributed by atoms with Gasteiger partial charge in [-0.3, -0.25) is 13.9 Å². The van der Waals surface area contributed by atoms with Crippen LogP contribution in [0.1, 0.15) is 31.7 Å². The molecular weight excluding hydrogens is 382 g/mol. The third-order valence-corrected chi connectivity index (χ3v) is 5.80. The normalized spacial score (nSPS) is 13.8. The number of aromatic nitrogens is 4. The van der Waals surface area contributed by atoms with E-state index in [0.29, 0.717) is 30.3 Å². The van der Waals surface area contributed by atoms with Gasteiger partial charge in [0.15, 0.2) is 11.2 Å². The molecule has 2 aromatic heterocycles. The summed E-state index contributed by atoms with van der Waals surface area (Å²) in [5, 5.41) is 0. The highest BCUT2D eigenvalue weighted by Gasteiger charge is 2.26. The Morgan fingerprint density at radius 3 is 2.60 bits per heavy atom. The Labute approximate surface area is 175 Å². The number of ether oxygens (including phenoxy) is 1. The second-order valence-electron chi connectivity index (χ2n) is 7.80. The van der Waals surface area contributed by atoms with Crippen molar-refractivity contribution in [2.75, 3.05) is 25.2 Å². The fourth-order valence-corrected chi connectivity index (χ4v) is 4.11. The van der Waals surface area contributed by atoms with Gasteiger partial charge in [0.25, 0.3) is 5.56 Å². The van der Waals surface area contributed by atoms with Gasteiger partial charge in [0.1, 0.15) is 0 Å². The van der Waals surface area contributed by atoms with Crippen molar-refractivity contribution in [1.82, 2.24) is 18.7 Å². The van der Waals surface area contributed by atoms with Gasteiger partial charge in [0.2, 0.25) is 5.95 Å². The molecule has 0 N–H and O–H groups in total. The van der Waals surface area contributed by atoms with Crippen molar-refractivity contribution in [3.8, 4) is 0 Å². The lowest BCUT2D eigenvalue weighted by Gasteiger charge is -2.29. The molecule has 0 unspecified atom stereocenters. The summed E-state index contributed by atoms with van der Waals surface area (Å²) in [6.07, 6.45) is 4.34. The molecule has 0 saturated heterocycles.